The minimum absolute atomic E-state index is 0.432. The van der Waals surface area contributed by atoms with E-state index in [-0.39, 0.29) is 0 Å². The molecule has 0 aromatic carbocycles. The fraction of sp³-hybridized carbons (Fsp3) is 0.692. The van der Waals surface area contributed by atoms with Crippen molar-refractivity contribution in [3.63, 3.8) is 0 Å². The van der Waals surface area contributed by atoms with Crippen molar-refractivity contribution < 1.29 is 4.74 Å². The van der Waals surface area contributed by atoms with Crippen LogP contribution in [0.2, 0.25) is 0 Å². The van der Waals surface area contributed by atoms with Crippen molar-refractivity contribution in [2.75, 3.05) is 24.3 Å². The number of methoxy groups -OCH3 is 1. The van der Waals surface area contributed by atoms with Crippen LogP contribution in [0.1, 0.15) is 32.1 Å². The zero-order chi connectivity index (χ0) is 12.5. The van der Waals surface area contributed by atoms with Gasteiger partial charge in [-0.15, -0.1) is 0 Å². The first-order chi connectivity index (χ1) is 8.81. The lowest BCUT2D eigenvalue weighted by Gasteiger charge is -2.32. The third kappa shape index (κ3) is 1.78. The van der Waals surface area contributed by atoms with E-state index in [0.717, 1.165) is 18.3 Å². The molecule has 2 fully saturated rings. The van der Waals surface area contributed by atoms with E-state index < -0.39 is 0 Å². The van der Waals surface area contributed by atoms with Crippen LogP contribution in [0.5, 0.6) is 5.75 Å². The van der Waals surface area contributed by atoms with E-state index in [2.05, 4.69) is 14.9 Å². The highest BCUT2D eigenvalue weighted by Gasteiger charge is 2.37. The average Bonchev–Trinajstić information content (AvgIpc) is 2.82. The van der Waals surface area contributed by atoms with Gasteiger partial charge in [0, 0.05) is 12.6 Å². The minimum Gasteiger partial charge on any atom is -0.490 e. The van der Waals surface area contributed by atoms with Gasteiger partial charge in [0.15, 0.2) is 11.6 Å². The number of anilines is 2. The number of aromatic nitrogens is 2. The van der Waals surface area contributed by atoms with Gasteiger partial charge in [0.2, 0.25) is 5.75 Å². The first-order valence-electron chi connectivity index (χ1n) is 6.72. The molecule has 1 aliphatic carbocycles. The highest BCUT2D eigenvalue weighted by molar-refractivity contribution is 5.63. The number of hydrogen-bond acceptors (Lipinski definition) is 5. The maximum absolute atomic E-state index is 5.86. The lowest BCUT2D eigenvalue weighted by molar-refractivity contribution is 0.339. The number of nitrogens with two attached hydrogens (primary N) is 1. The smallest absolute Gasteiger partial charge is 0.204 e. The minimum atomic E-state index is 0.432. The molecule has 1 saturated heterocycles. The summed E-state index contributed by atoms with van der Waals surface area (Å²) in [6, 6.07) is 0.613. The van der Waals surface area contributed by atoms with Crippen LogP contribution in [0, 0.1) is 5.92 Å². The Bertz CT molecular complexity index is 437. The normalized spacial score (nSPS) is 27.1. The van der Waals surface area contributed by atoms with E-state index in [1.54, 1.807) is 7.11 Å². The molecule has 1 aromatic rings. The number of rotatable bonds is 2. The third-order valence-corrected chi connectivity index (χ3v) is 4.30. The van der Waals surface area contributed by atoms with Gasteiger partial charge < -0.3 is 15.4 Å². The van der Waals surface area contributed by atoms with Crippen molar-refractivity contribution >= 4 is 11.6 Å². The molecule has 1 saturated carbocycles. The number of nitrogen functional groups attached to an aromatic ring is 1. The van der Waals surface area contributed by atoms with E-state index in [9.17, 15) is 0 Å². The summed E-state index contributed by atoms with van der Waals surface area (Å²) in [5.74, 6) is 2.75. The molecule has 98 valence electrons. The van der Waals surface area contributed by atoms with Crippen LogP contribution in [0.4, 0.5) is 11.6 Å². The summed E-state index contributed by atoms with van der Waals surface area (Å²) >= 11 is 0. The molecule has 2 heterocycles. The molecule has 0 amide bonds. The highest BCUT2D eigenvalue weighted by Crippen LogP contribution is 2.41. The van der Waals surface area contributed by atoms with Crippen LogP contribution >= 0.6 is 0 Å². The summed E-state index contributed by atoms with van der Waals surface area (Å²) in [4.78, 5) is 10.8. The Hall–Kier alpha value is -1.52. The number of fused-ring (bicyclic) bond motifs is 1. The fourth-order valence-corrected chi connectivity index (χ4v) is 3.45. The first kappa shape index (κ1) is 11.6. The van der Waals surface area contributed by atoms with Crippen LogP contribution in [0.25, 0.3) is 0 Å². The van der Waals surface area contributed by atoms with Crippen LogP contribution in [-0.2, 0) is 0 Å². The van der Waals surface area contributed by atoms with Gasteiger partial charge in [-0.2, -0.15) is 0 Å². The molecule has 2 unspecified atom stereocenters. The summed E-state index contributed by atoms with van der Waals surface area (Å²) < 4.78 is 5.38. The highest BCUT2D eigenvalue weighted by atomic mass is 16.5. The summed E-state index contributed by atoms with van der Waals surface area (Å²) in [5, 5.41) is 0. The zero-order valence-electron chi connectivity index (χ0n) is 10.8. The molecular weight excluding hydrogens is 228 g/mol. The number of nitrogens with zero attached hydrogens (tertiary/aromatic N) is 3. The van der Waals surface area contributed by atoms with Crippen molar-refractivity contribution in [3.05, 3.63) is 6.33 Å². The van der Waals surface area contributed by atoms with E-state index in [1.165, 1.54) is 38.4 Å². The van der Waals surface area contributed by atoms with E-state index >= 15 is 0 Å². The van der Waals surface area contributed by atoms with E-state index in [4.69, 9.17) is 10.5 Å². The van der Waals surface area contributed by atoms with Gasteiger partial charge in [0.1, 0.15) is 6.33 Å². The molecule has 2 aliphatic rings. The Balaban J connectivity index is 1.93. The SMILES string of the molecule is COc1c(N)ncnc1N1CCC2CCCCC21. The molecule has 5 heteroatoms. The second-order valence-corrected chi connectivity index (χ2v) is 5.21. The van der Waals surface area contributed by atoms with Crippen LogP contribution in [0.3, 0.4) is 0 Å². The standard InChI is InChI=1S/C13H20N4O/c1-18-11-12(14)15-8-16-13(11)17-7-6-9-4-2-3-5-10(9)17/h8-10H,2-7H2,1H3,(H2,14,15,16). The quantitative estimate of drug-likeness (QED) is 0.865. The third-order valence-electron chi connectivity index (χ3n) is 4.30. The monoisotopic (exact) mass is 248 g/mol. The maximum atomic E-state index is 5.86. The fourth-order valence-electron chi connectivity index (χ4n) is 3.45. The second kappa shape index (κ2) is 4.63. The molecule has 18 heavy (non-hydrogen) atoms. The largest absolute Gasteiger partial charge is 0.490 e. The molecule has 2 atom stereocenters. The predicted molar refractivity (Wildman–Crippen MR) is 70.7 cm³/mol. The average molecular weight is 248 g/mol. The predicted octanol–water partition coefficient (Wildman–Crippen LogP) is 1.84. The topological polar surface area (TPSA) is 64.3 Å². The van der Waals surface area contributed by atoms with Gasteiger partial charge in [-0.3, -0.25) is 0 Å². The molecule has 2 N–H and O–H groups in total. The molecule has 3 rings (SSSR count). The Morgan fingerprint density at radius 3 is 2.94 bits per heavy atom. The van der Waals surface area contributed by atoms with E-state index in [0.29, 0.717) is 17.6 Å². The van der Waals surface area contributed by atoms with Crippen LogP contribution in [-0.4, -0.2) is 29.7 Å². The van der Waals surface area contributed by atoms with Crippen molar-refractivity contribution in [3.8, 4) is 5.75 Å². The molecular formula is C13H20N4O. The first-order valence-corrected chi connectivity index (χ1v) is 6.72. The lowest BCUT2D eigenvalue weighted by Crippen LogP contribution is -2.35. The number of ether oxygens (including phenoxy) is 1. The molecule has 1 aromatic heterocycles. The van der Waals surface area contributed by atoms with E-state index in [1.807, 2.05) is 0 Å². The molecule has 0 bridgehead atoms. The van der Waals surface area contributed by atoms with Crippen molar-refractivity contribution in [2.45, 2.75) is 38.1 Å². The van der Waals surface area contributed by atoms with Crippen LogP contribution < -0.4 is 15.4 Å². The Kier molecular flexibility index (Phi) is 2.97. The van der Waals surface area contributed by atoms with Crippen molar-refractivity contribution in [2.24, 2.45) is 5.92 Å². The Morgan fingerprint density at radius 2 is 2.11 bits per heavy atom. The molecule has 1 aliphatic heterocycles. The molecule has 5 nitrogen and oxygen atoms in total. The van der Waals surface area contributed by atoms with Gasteiger partial charge in [-0.1, -0.05) is 12.8 Å². The summed E-state index contributed by atoms with van der Waals surface area (Å²) in [7, 11) is 1.63. The second-order valence-electron chi connectivity index (χ2n) is 5.21. The Labute approximate surface area is 107 Å². The van der Waals surface area contributed by atoms with Gasteiger partial charge >= 0.3 is 0 Å². The van der Waals surface area contributed by atoms with Gasteiger partial charge in [-0.05, 0) is 25.2 Å². The van der Waals surface area contributed by atoms with Gasteiger partial charge in [-0.25, -0.2) is 9.97 Å². The van der Waals surface area contributed by atoms with Gasteiger partial charge in [0.05, 0.1) is 7.11 Å². The maximum Gasteiger partial charge on any atom is 0.204 e. The lowest BCUT2D eigenvalue weighted by atomic mass is 9.85. The van der Waals surface area contributed by atoms with Crippen molar-refractivity contribution in [1.29, 1.82) is 0 Å². The van der Waals surface area contributed by atoms with Crippen LogP contribution in [0.15, 0.2) is 6.33 Å². The number of hydrogen-bond donors (Lipinski definition) is 1. The molecule has 0 radical (unpaired) electrons. The van der Waals surface area contributed by atoms with Gasteiger partial charge in [0.25, 0.3) is 0 Å². The summed E-state index contributed by atoms with van der Waals surface area (Å²) in [6.45, 7) is 1.06. The molecule has 0 spiro atoms. The summed E-state index contributed by atoms with van der Waals surface area (Å²) in [5.41, 5.74) is 5.86. The Morgan fingerprint density at radius 1 is 1.28 bits per heavy atom. The van der Waals surface area contributed by atoms with Crippen molar-refractivity contribution in [1.82, 2.24) is 9.97 Å². The summed E-state index contributed by atoms with van der Waals surface area (Å²) in [6.07, 6.45) is 8.10. The zero-order valence-corrected chi connectivity index (χ0v) is 10.8.